The van der Waals surface area contributed by atoms with Crippen LogP contribution in [-0.2, 0) is 0 Å². The van der Waals surface area contributed by atoms with Gasteiger partial charge < -0.3 is 15.6 Å². The summed E-state index contributed by atoms with van der Waals surface area (Å²) < 4.78 is 3.85. The number of benzene rings is 1. The van der Waals surface area contributed by atoms with Crippen molar-refractivity contribution in [2.24, 2.45) is 4.99 Å². The van der Waals surface area contributed by atoms with Gasteiger partial charge in [-0.05, 0) is 41.7 Å². The third-order valence-corrected chi connectivity index (χ3v) is 4.09. The second kappa shape index (κ2) is 8.81. The highest BCUT2D eigenvalue weighted by Gasteiger charge is 2.19. The Morgan fingerprint density at radius 1 is 1.29 bits per heavy atom. The van der Waals surface area contributed by atoms with Crippen LogP contribution < -0.4 is 26.3 Å². The number of hydroxylamine groups is 1. The van der Waals surface area contributed by atoms with Crippen LogP contribution in [-0.4, -0.2) is 40.5 Å². The zero-order valence-electron chi connectivity index (χ0n) is 15.3. The van der Waals surface area contributed by atoms with Crippen molar-refractivity contribution in [1.82, 2.24) is 15.1 Å². The number of amides is 1. The van der Waals surface area contributed by atoms with Crippen LogP contribution >= 0.6 is 0 Å². The van der Waals surface area contributed by atoms with E-state index in [4.69, 9.17) is 5.21 Å². The summed E-state index contributed by atoms with van der Waals surface area (Å²) in [5, 5.41) is 14.7. The van der Waals surface area contributed by atoms with E-state index in [2.05, 4.69) is 32.2 Å². The van der Waals surface area contributed by atoms with Crippen molar-refractivity contribution in [1.29, 1.82) is 0 Å². The third kappa shape index (κ3) is 4.53. The van der Waals surface area contributed by atoms with E-state index in [-0.39, 0.29) is 11.6 Å². The number of nitrogens with zero attached hydrogens (tertiary/aromatic N) is 2. The van der Waals surface area contributed by atoms with Gasteiger partial charge >= 0.3 is 5.96 Å². The maximum Gasteiger partial charge on any atom is 0.508 e. The van der Waals surface area contributed by atoms with E-state index < -0.39 is 11.5 Å². The van der Waals surface area contributed by atoms with Gasteiger partial charge in [-0.3, -0.25) is 9.59 Å². The lowest BCUT2D eigenvalue weighted by molar-refractivity contribution is 0.102. The van der Waals surface area contributed by atoms with Gasteiger partial charge in [0.25, 0.3) is 11.5 Å². The van der Waals surface area contributed by atoms with E-state index >= 15 is 0 Å². The van der Waals surface area contributed by atoms with Gasteiger partial charge in [-0.15, -0.1) is 5.48 Å². The molecule has 0 unspecified atom stereocenters. The number of carbonyl (C=O) groups excluding carboxylic acids is 1. The molecule has 0 aliphatic carbocycles. The molecular weight excluding hydrogens is 360 g/mol. The number of pyridine rings is 1. The van der Waals surface area contributed by atoms with Gasteiger partial charge in [0.05, 0.1) is 0 Å². The zero-order valence-corrected chi connectivity index (χ0v) is 15.3. The number of H-pyrrole nitrogens is 1. The highest BCUT2D eigenvalue weighted by Crippen LogP contribution is 2.12. The lowest BCUT2D eigenvalue weighted by Crippen LogP contribution is -2.21. The Bertz CT molecular complexity index is 1020. The van der Waals surface area contributed by atoms with Crippen LogP contribution in [0.15, 0.2) is 46.3 Å². The largest absolute Gasteiger partial charge is 0.508 e. The molecule has 0 saturated heterocycles. The van der Waals surface area contributed by atoms with Crippen molar-refractivity contribution in [2.75, 3.05) is 17.2 Å². The first-order chi connectivity index (χ1) is 13.6. The predicted molar refractivity (Wildman–Crippen MR) is 110 cm³/mol. The Labute approximate surface area is 160 Å². The molecule has 3 rings (SSSR count). The summed E-state index contributed by atoms with van der Waals surface area (Å²) >= 11 is 0. The summed E-state index contributed by atoms with van der Waals surface area (Å²) in [4.78, 5) is 31.1. The molecule has 1 aliphatic rings. The summed E-state index contributed by atoms with van der Waals surface area (Å²) in [7, 11) is 0. The van der Waals surface area contributed by atoms with Crippen molar-refractivity contribution in [2.45, 2.75) is 19.8 Å². The normalized spacial score (nSPS) is 12.4. The average Bonchev–Trinajstić information content (AvgIpc) is 3.19. The summed E-state index contributed by atoms with van der Waals surface area (Å²) in [5.74, 6) is -0.353. The summed E-state index contributed by atoms with van der Waals surface area (Å²) in [6, 6.07) is 8.55. The van der Waals surface area contributed by atoms with E-state index in [1.807, 2.05) is 17.6 Å². The molecule has 2 aromatic rings. The first-order valence-electron chi connectivity index (χ1n) is 8.89. The second-order valence-corrected chi connectivity index (χ2v) is 6.13. The SMILES string of the molecule is CCCCNc1ccc(C(=O)Nc2cc(C3=NC(NO)=[N+]=C3)c[nH]c2=O)cc1. The summed E-state index contributed by atoms with van der Waals surface area (Å²) in [5.41, 5.74) is 3.86. The molecule has 0 bridgehead atoms. The fourth-order valence-electron chi connectivity index (χ4n) is 2.56. The Morgan fingerprint density at radius 2 is 2.07 bits per heavy atom. The maximum atomic E-state index is 12.5. The highest BCUT2D eigenvalue weighted by molar-refractivity contribution is 6.42. The van der Waals surface area contributed by atoms with Crippen molar-refractivity contribution >= 4 is 35.2 Å². The topological polar surface area (TPSA) is 133 Å². The molecule has 0 spiro atoms. The minimum atomic E-state index is -0.435. The Balaban J connectivity index is 1.71. The Hall–Kier alpha value is -3.68. The number of unbranched alkanes of at least 4 members (excludes halogenated alkanes) is 1. The lowest BCUT2D eigenvalue weighted by atomic mass is 10.1. The van der Waals surface area contributed by atoms with Gasteiger partial charge in [-0.2, -0.15) is 0 Å². The fourth-order valence-corrected chi connectivity index (χ4v) is 2.56. The minimum absolute atomic E-state index is 0.0411. The van der Waals surface area contributed by atoms with Gasteiger partial charge in [-0.1, -0.05) is 13.3 Å². The molecule has 0 saturated carbocycles. The van der Waals surface area contributed by atoms with Crippen LogP contribution in [0.5, 0.6) is 0 Å². The number of rotatable bonds is 7. The molecule has 0 radical (unpaired) electrons. The van der Waals surface area contributed by atoms with Crippen LogP contribution in [0.1, 0.15) is 35.7 Å². The van der Waals surface area contributed by atoms with Crippen LogP contribution in [0.2, 0.25) is 0 Å². The molecule has 28 heavy (non-hydrogen) atoms. The Morgan fingerprint density at radius 3 is 2.75 bits per heavy atom. The van der Waals surface area contributed by atoms with Crippen LogP contribution in [0.3, 0.4) is 0 Å². The van der Waals surface area contributed by atoms with Crippen LogP contribution in [0.25, 0.3) is 0 Å². The number of nitrogens with one attached hydrogen (secondary N) is 4. The lowest BCUT2D eigenvalue weighted by Gasteiger charge is -2.08. The number of carbonyl (C=O) groups is 1. The standard InChI is InChI=1S/C19H20N6O3/c1-2-3-8-20-14-6-4-12(5-7-14)17(26)23-15-9-13(10-21-18(15)27)16-11-22-19(24-16)25-28/h4-7,9-11H,2-3,8H2,1H3,(H4,20,21,22,23,24,25,26,27,28)/p+1. The molecule has 1 aromatic heterocycles. The molecule has 0 atom stereocenters. The molecule has 9 heteroatoms. The predicted octanol–water partition coefficient (Wildman–Crippen LogP) is 1.11. The van der Waals surface area contributed by atoms with Gasteiger partial charge in [0.15, 0.2) is 5.71 Å². The second-order valence-electron chi connectivity index (χ2n) is 6.13. The fraction of sp³-hybridized carbons (Fsp3) is 0.211. The van der Waals surface area contributed by atoms with Gasteiger partial charge in [0.1, 0.15) is 5.69 Å². The number of aromatic nitrogens is 1. The molecular formula is C19H21N6O3+. The molecule has 1 aliphatic heterocycles. The minimum Gasteiger partial charge on any atom is -0.385 e. The maximum absolute atomic E-state index is 12.5. The molecule has 9 nitrogen and oxygen atoms in total. The number of hydrogen-bond acceptors (Lipinski definition) is 6. The van der Waals surface area contributed by atoms with Gasteiger partial charge in [-0.25, -0.2) is 9.88 Å². The van der Waals surface area contributed by atoms with E-state index in [0.29, 0.717) is 16.8 Å². The first kappa shape index (κ1) is 19.1. The van der Waals surface area contributed by atoms with Gasteiger partial charge in [0, 0.05) is 29.6 Å². The highest BCUT2D eigenvalue weighted by atomic mass is 16.5. The number of aromatic amines is 1. The smallest absolute Gasteiger partial charge is 0.385 e. The first-order valence-corrected chi connectivity index (χ1v) is 8.89. The van der Waals surface area contributed by atoms with E-state index in [9.17, 15) is 9.59 Å². The molecule has 5 N–H and O–H groups in total. The van der Waals surface area contributed by atoms with Crippen molar-refractivity contribution < 1.29 is 10.0 Å². The van der Waals surface area contributed by atoms with Crippen molar-refractivity contribution in [3.63, 3.8) is 0 Å². The van der Waals surface area contributed by atoms with E-state index in [1.165, 1.54) is 18.5 Å². The summed E-state index contributed by atoms with van der Waals surface area (Å²) in [6.07, 6.45) is 5.07. The summed E-state index contributed by atoms with van der Waals surface area (Å²) in [6.45, 7) is 3.00. The molecule has 144 valence electrons. The Kier molecular flexibility index (Phi) is 6.01. The van der Waals surface area contributed by atoms with E-state index in [0.717, 1.165) is 25.1 Å². The molecule has 1 amide bonds. The third-order valence-electron chi connectivity index (χ3n) is 4.09. The molecule has 0 fully saturated rings. The van der Waals surface area contributed by atoms with Crippen molar-refractivity contribution in [3.05, 3.63) is 58.0 Å². The van der Waals surface area contributed by atoms with Crippen LogP contribution in [0.4, 0.5) is 11.4 Å². The van der Waals surface area contributed by atoms with E-state index in [1.54, 1.807) is 12.1 Å². The quantitative estimate of drug-likeness (QED) is 0.278. The average molecular weight is 381 g/mol. The number of guanidine groups is 1. The molecule has 2 heterocycles. The van der Waals surface area contributed by atoms with Crippen LogP contribution in [0, 0.1) is 0 Å². The number of anilines is 2. The number of aliphatic imine (C=N–C) groups is 1. The van der Waals surface area contributed by atoms with Gasteiger partial charge in [0.2, 0.25) is 6.21 Å². The zero-order chi connectivity index (χ0) is 19.9. The molecule has 1 aromatic carbocycles. The monoisotopic (exact) mass is 381 g/mol. The number of hydrogen-bond donors (Lipinski definition) is 5. The van der Waals surface area contributed by atoms with Crippen molar-refractivity contribution in [3.8, 4) is 0 Å².